The van der Waals surface area contributed by atoms with Gasteiger partial charge in [-0.05, 0) is 46.6 Å². The molecule has 0 aliphatic heterocycles. The van der Waals surface area contributed by atoms with Crippen LogP contribution < -0.4 is 5.32 Å². The van der Waals surface area contributed by atoms with E-state index in [-0.39, 0.29) is 0 Å². The Morgan fingerprint density at radius 2 is 1.71 bits per heavy atom. The van der Waals surface area contributed by atoms with Gasteiger partial charge < -0.3 is 5.32 Å². The van der Waals surface area contributed by atoms with Crippen LogP contribution in [0.4, 0.5) is 0 Å². The Bertz CT molecular complexity index is 291. The number of hydrogen-bond acceptors (Lipinski definition) is 3. The topological polar surface area (TPSA) is 46.2 Å². The fourth-order valence-electron chi connectivity index (χ4n) is 1.73. The van der Waals surface area contributed by atoms with Gasteiger partial charge in [-0.25, -0.2) is 8.42 Å². The fourth-order valence-corrected chi connectivity index (χ4v) is 2.92. The Kier molecular flexibility index (Phi) is 7.33. The van der Waals surface area contributed by atoms with E-state index in [0.717, 1.165) is 32.2 Å². The van der Waals surface area contributed by atoms with Gasteiger partial charge in [0.1, 0.15) is 0 Å². The second-order valence-electron chi connectivity index (χ2n) is 5.59. The van der Waals surface area contributed by atoms with Crippen molar-refractivity contribution in [1.82, 2.24) is 5.32 Å². The van der Waals surface area contributed by atoms with Crippen LogP contribution in [-0.2, 0) is 9.84 Å². The van der Waals surface area contributed by atoms with Gasteiger partial charge in [0.15, 0.2) is 9.84 Å². The molecule has 0 aliphatic carbocycles. The smallest absolute Gasteiger partial charge is 0.155 e. The van der Waals surface area contributed by atoms with Crippen LogP contribution in [-0.4, -0.2) is 31.5 Å². The lowest BCUT2D eigenvalue weighted by Gasteiger charge is -2.20. The van der Waals surface area contributed by atoms with Crippen LogP contribution in [0.1, 0.15) is 60.3 Å². The monoisotopic (exact) mass is 263 g/mol. The van der Waals surface area contributed by atoms with Crippen LogP contribution in [0.2, 0.25) is 0 Å². The van der Waals surface area contributed by atoms with Gasteiger partial charge in [-0.3, -0.25) is 0 Å². The molecule has 0 spiro atoms. The van der Waals surface area contributed by atoms with Gasteiger partial charge in [0.25, 0.3) is 0 Å². The van der Waals surface area contributed by atoms with Crippen molar-refractivity contribution in [2.75, 3.05) is 12.3 Å². The molecule has 1 N–H and O–H groups in total. The fraction of sp³-hybridized carbons (Fsp3) is 1.00. The molecule has 104 valence electrons. The standard InChI is InChI=1S/C13H29NO2S/c1-6-12(14-7-2)10-8-9-11-17(15,16)13(3,4)5/h12,14H,6-11H2,1-5H3. The van der Waals surface area contributed by atoms with Crippen LogP contribution >= 0.6 is 0 Å². The van der Waals surface area contributed by atoms with Gasteiger partial charge in [-0.1, -0.05) is 20.3 Å². The molecule has 0 saturated carbocycles. The quantitative estimate of drug-likeness (QED) is 0.685. The minimum absolute atomic E-state index is 0.319. The summed E-state index contributed by atoms with van der Waals surface area (Å²) in [6.07, 6.45) is 3.95. The molecule has 17 heavy (non-hydrogen) atoms. The Hall–Kier alpha value is -0.0900. The summed E-state index contributed by atoms with van der Waals surface area (Å²) in [5, 5.41) is 3.41. The largest absolute Gasteiger partial charge is 0.314 e. The molecule has 0 bridgehead atoms. The summed E-state index contributed by atoms with van der Waals surface area (Å²) >= 11 is 0. The molecule has 0 saturated heterocycles. The molecular formula is C13H29NO2S. The van der Waals surface area contributed by atoms with E-state index in [0.29, 0.717) is 11.8 Å². The van der Waals surface area contributed by atoms with Crippen molar-refractivity contribution in [1.29, 1.82) is 0 Å². The summed E-state index contributed by atoms with van der Waals surface area (Å²) in [5.41, 5.74) is 0. The maximum atomic E-state index is 11.9. The molecule has 0 fully saturated rings. The highest BCUT2D eigenvalue weighted by Crippen LogP contribution is 2.18. The van der Waals surface area contributed by atoms with Gasteiger partial charge in [-0.2, -0.15) is 0 Å². The zero-order valence-corrected chi connectivity index (χ0v) is 12.9. The van der Waals surface area contributed by atoms with Gasteiger partial charge in [-0.15, -0.1) is 0 Å². The third kappa shape index (κ3) is 6.41. The normalized spacial score (nSPS) is 14.9. The molecule has 1 atom stereocenters. The van der Waals surface area contributed by atoms with Crippen LogP contribution in [0.3, 0.4) is 0 Å². The van der Waals surface area contributed by atoms with Crippen molar-refractivity contribution in [2.24, 2.45) is 0 Å². The second kappa shape index (κ2) is 7.37. The zero-order chi connectivity index (χ0) is 13.5. The van der Waals surface area contributed by atoms with E-state index in [9.17, 15) is 8.42 Å². The van der Waals surface area contributed by atoms with E-state index in [2.05, 4.69) is 19.2 Å². The molecule has 3 nitrogen and oxygen atoms in total. The molecule has 0 radical (unpaired) electrons. The number of hydrogen-bond donors (Lipinski definition) is 1. The highest BCUT2D eigenvalue weighted by atomic mass is 32.2. The molecule has 0 rings (SSSR count). The molecule has 4 heteroatoms. The van der Waals surface area contributed by atoms with Gasteiger partial charge >= 0.3 is 0 Å². The van der Waals surface area contributed by atoms with Crippen molar-refractivity contribution < 1.29 is 8.42 Å². The predicted molar refractivity (Wildman–Crippen MR) is 75.1 cm³/mol. The van der Waals surface area contributed by atoms with E-state index in [1.165, 1.54) is 0 Å². The van der Waals surface area contributed by atoms with Gasteiger partial charge in [0.05, 0.1) is 10.5 Å². The SMILES string of the molecule is CCNC(CC)CCCCS(=O)(=O)C(C)(C)C. The third-order valence-electron chi connectivity index (χ3n) is 3.13. The number of sulfone groups is 1. The Labute approximate surface area is 107 Å². The van der Waals surface area contributed by atoms with Gasteiger partial charge in [0.2, 0.25) is 0 Å². The summed E-state index contributed by atoms with van der Waals surface area (Å²) in [6.45, 7) is 10.6. The highest BCUT2D eigenvalue weighted by Gasteiger charge is 2.27. The van der Waals surface area contributed by atoms with E-state index in [1.54, 1.807) is 20.8 Å². The van der Waals surface area contributed by atoms with E-state index >= 15 is 0 Å². The molecule has 0 aliphatic rings. The van der Waals surface area contributed by atoms with Crippen molar-refractivity contribution in [3.8, 4) is 0 Å². The number of nitrogens with one attached hydrogen (secondary N) is 1. The Balaban J connectivity index is 3.93. The zero-order valence-electron chi connectivity index (χ0n) is 12.0. The molecule has 1 unspecified atom stereocenters. The first-order chi connectivity index (χ1) is 7.74. The molecule has 0 amide bonds. The second-order valence-corrected chi connectivity index (χ2v) is 8.45. The molecule has 0 heterocycles. The summed E-state index contributed by atoms with van der Waals surface area (Å²) < 4.78 is 23.1. The third-order valence-corrected chi connectivity index (χ3v) is 5.83. The average Bonchev–Trinajstić information content (AvgIpc) is 2.21. The molecule has 0 aromatic carbocycles. The lowest BCUT2D eigenvalue weighted by atomic mass is 10.1. The summed E-state index contributed by atoms with van der Waals surface area (Å²) in [6, 6.07) is 0.539. The van der Waals surface area contributed by atoms with Crippen LogP contribution in [0, 0.1) is 0 Å². The summed E-state index contributed by atoms with van der Waals surface area (Å²) in [7, 11) is -2.94. The maximum absolute atomic E-state index is 11.9. The summed E-state index contributed by atoms with van der Waals surface area (Å²) in [4.78, 5) is 0. The van der Waals surface area contributed by atoms with Crippen molar-refractivity contribution >= 4 is 9.84 Å². The van der Waals surface area contributed by atoms with Crippen LogP contribution in [0.25, 0.3) is 0 Å². The lowest BCUT2D eigenvalue weighted by molar-refractivity contribution is 0.463. The average molecular weight is 263 g/mol. The first-order valence-electron chi connectivity index (χ1n) is 6.70. The van der Waals surface area contributed by atoms with Crippen molar-refractivity contribution in [3.63, 3.8) is 0 Å². The van der Waals surface area contributed by atoms with Crippen molar-refractivity contribution in [3.05, 3.63) is 0 Å². The first kappa shape index (κ1) is 16.9. The Morgan fingerprint density at radius 1 is 1.12 bits per heavy atom. The highest BCUT2D eigenvalue weighted by molar-refractivity contribution is 7.92. The van der Waals surface area contributed by atoms with Crippen molar-refractivity contribution in [2.45, 2.75) is 71.1 Å². The van der Waals surface area contributed by atoms with Crippen LogP contribution in [0.5, 0.6) is 0 Å². The van der Waals surface area contributed by atoms with Crippen LogP contribution in [0.15, 0.2) is 0 Å². The minimum atomic E-state index is -2.94. The molecule has 0 aromatic rings. The first-order valence-corrected chi connectivity index (χ1v) is 8.35. The minimum Gasteiger partial charge on any atom is -0.314 e. The summed E-state index contributed by atoms with van der Waals surface area (Å²) in [5.74, 6) is 0.319. The number of rotatable bonds is 8. The van der Waals surface area contributed by atoms with E-state index < -0.39 is 14.6 Å². The van der Waals surface area contributed by atoms with E-state index in [1.807, 2.05) is 0 Å². The maximum Gasteiger partial charge on any atom is 0.155 e. The predicted octanol–water partition coefficient (Wildman–Crippen LogP) is 2.76. The van der Waals surface area contributed by atoms with E-state index in [4.69, 9.17) is 0 Å². The Morgan fingerprint density at radius 3 is 2.12 bits per heavy atom. The number of unbranched alkanes of at least 4 members (excludes halogenated alkanes) is 1. The van der Waals surface area contributed by atoms with Gasteiger partial charge in [0, 0.05) is 6.04 Å². The molecule has 0 aromatic heterocycles. The molecular weight excluding hydrogens is 234 g/mol. The lowest BCUT2D eigenvalue weighted by Crippen LogP contribution is -2.31.